The van der Waals surface area contributed by atoms with Gasteiger partial charge in [0.05, 0.1) is 0 Å². The Hall–Kier alpha value is -1.51. The number of rotatable bonds is 0. The molecule has 1 heterocycles. The molecule has 0 radical (unpaired) electrons. The van der Waals surface area contributed by atoms with E-state index in [1.54, 1.807) is 6.07 Å². The van der Waals surface area contributed by atoms with Gasteiger partial charge in [-0.25, -0.2) is 0 Å². The number of carbonyl (C=O) groups is 1. The Kier molecular flexibility index (Phi) is 1.71. The van der Waals surface area contributed by atoms with E-state index in [0.717, 1.165) is 19.3 Å². The molecular formula is C17H18O3. The lowest BCUT2D eigenvalue weighted by Crippen LogP contribution is -2.55. The molecule has 20 heavy (non-hydrogen) atoms. The van der Waals surface area contributed by atoms with Crippen LogP contribution in [-0.4, -0.2) is 17.0 Å². The molecule has 1 aromatic rings. The second-order valence-electron chi connectivity index (χ2n) is 7.42. The van der Waals surface area contributed by atoms with E-state index in [1.165, 1.54) is 17.5 Å². The SMILES string of the molecule is CC12CCC(=O)C3Oc4c(O)ccc5c4C31CC(C5)C2. The highest BCUT2D eigenvalue weighted by Crippen LogP contribution is 2.71. The number of Topliss-reactive ketones (excluding diaryl/α,β-unsaturated/α-hetero) is 1. The summed E-state index contributed by atoms with van der Waals surface area (Å²) in [6.45, 7) is 2.34. The zero-order chi connectivity index (χ0) is 13.7. The van der Waals surface area contributed by atoms with E-state index in [1.807, 2.05) is 6.07 Å². The van der Waals surface area contributed by atoms with Crippen LogP contribution < -0.4 is 4.74 Å². The van der Waals surface area contributed by atoms with Crippen LogP contribution in [0.5, 0.6) is 11.5 Å². The number of phenolic OH excluding ortho intramolecular Hbond substituents is 1. The minimum absolute atomic E-state index is 0.153. The van der Waals surface area contributed by atoms with Gasteiger partial charge in [0.1, 0.15) is 0 Å². The molecule has 1 aromatic carbocycles. The fourth-order valence-electron chi connectivity index (χ4n) is 5.81. The highest BCUT2D eigenvalue weighted by molar-refractivity contribution is 5.89. The average Bonchev–Trinajstić information content (AvgIpc) is 2.88. The van der Waals surface area contributed by atoms with Gasteiger partial charge in [-0.3, -0.25) is 4.79 Å². The lowest BCUT2D eigenvalue weighted by Gasteiger charge is -2.48. The van der Waals surface area contributed by atoms with E-state index in [9.17, 15) is 9.90 Å². The zero-order valence-corrected chi connectivity index (χ0v) is 11.6. The molecule has 4 unspecified atom stereocenters. The second kappa shape index (κ2) is 3.05. The van der Waals surface area contributed by atoms with E-state index < -0.39 is 0 Å². The number of fused-ring (bicyclic) bond motifs is 1. The average molecular weight is 270 g/mol. The van der Waals surface area contributed by atoms with Crippen molar-refractivity contribution in [2.75, 3.05) is 0 Å². The summed E-state index contributed by atoms with van der Waals surface area (Å²) in [6.07, 6.45) is 4.56. The highest BCUT2D eigenvalue weighted by atomic mass is 16.5. The molecule has 3 heteroatoms. The van der Waals surface area contributed by atoms with Crippen LogP contribution >= 0.6 is 0 Å². The summed E-state index contributed by atoms with van der Waals surface area (Å²) in [6, 6.07) is 3.77. The fraction of sp³-hybridized carbons (Fsp3) is 0.588. The number of carbonyl (C=O) groups excluding carboxylic acids is 1. The van der Waals surface area contributed by atoms with Gasteiger partial charge in [-0.15, -0.1) is 0 Å². The summed E-state index contributed by atoms with van der Waals surface area (Å²) in [5.41, 5.74) is 2.47. The molecule has 0 aromatic heterocycles. The van der Waals surface area contributed by atoms with Gasteiger partial charge in [0.2, 0.25) is 0 Å². The van der Waals surface area contributed by atoms with Gasteiger partial charge in [-0.05, 0) is 48.6 Å². The third-order valence-electron chi connectivity index (χ3n) is 6.50. The predicted octanol–water partition coefficient (Wildman–Crippen LogP) is 2.73. The standard InChI is InChI=1S/C17H18O3/c1-16-5-4-12(19)15-17(16)8-9(7-16)6-10-2-3-11(18)14(20-15)13(10)17/h2-3,9,15,18H,4-8H2,1H3. The maximum Gasteiger partial charge on any atom is 0.174 e. The first-order chi connectivity index (χ1) is 9.55. The number of benzene rings is 1. The molecule has 0 saturated heterocycles. The van der Waals surface area contributed by atoms with Crippen molar-refractivity contribution in [1.82, 2.24) is 0 Å². The normalized spacial score (nSPS) is 43.4. The van der Waals surface area contributed by atoms with E-state index in [0.29, 0.717) is 18.1 Å². The quantitative estimate of drug-likeness (QED) is 0.788. The van der Waals surface area contributed by atoms with Gasteiger partial charge in [0.15, 0.2) is 23.4 Å². The van der Waals surface area contributed by atoms with Crippen LogP contribution in [0.1, 0.15) is 43.7 Å². The molecule has 2 bridgehead atoms. The Balaban J connectivity index is 1.89. The minimum Gasteiger partial charge on any atom is -0.504 e. The summed E-state index contributed by atoms with van der Waals surface area (Å²) < 4.78 is 6.03. The van der Waals surface area contributed by atoms with Crippen LogP contribution in [0.4, 0.5) is 0 Å². The first-order valence-electron chi connectivity index (χ1n) is 7.60. The molecule has 3 nitrogen and oxygen atoms in total. The van der Waals surface area contributed by atoms with Crippen LogP contribution in [-0.2, 0) is 16.6 Å². The number of hydrogen-bond acceptors (Lipinski definition) is 3. The Morgan fingerprint density at radius 3 is 3.05 bits per heavy atom. The van der Waals surface area contributed by atoms with Crippen molar-refractivity contribution in [2.24, 2.45) is 11.3 Å². The number of phenols is 1. The lowest BCUT2D eigenvalue weighted by molar-refractivity contribution is -0.135. The van der Waals surface area contributed by atoms with Gasteiger partial charge in [-0.1, -0.05) is 13.0 Å². The summed E-state index contributed by atoms with van der Waals surface area (Å²) in [5.74, 6) is 1.70. The lowest BCUT2D eigenvalue weighted by atomic mass is 9.54. The molecule has 1 N–H and O–H groups in total. The molecule has 5 rings (SSSR count). The van der Waals surface area contributed by atoms with Crippen molar-refractivity contribution in [3.63, 3.8) is 0 Å². The predicted molar refractivity (Wildman–Crippen MR) is 73.0 cm³/mol. The number of aromatic hydroxyl groups is 1. The highest BCUT2D eigenvalue weighted by Gasteiger charge is 2.70. The Morgan fingerprint density at radius 1 is 1.35 bits per heavy atom. The van der Waals surface area contributed by atoms with E-state index in [-0.39, 0.29) is 28.5 Å². The monoisotopic (exact) mass is 270 g/mol. The van der Waals surface area contributed by atoms with Crippen molar-refractivity contribution in [1.29, 1.82) is 0 Å². The summed E-state index contributed by atoms with van der Waals surface area (Å²) in [5, 5.41) is 10.2. The second-order valence-corrected chi connectivity index (χ2v) is 7.42. The molecule has 1 spiro atoms. The third-order valence-corrected chi connectivity index (χ3v) is 6.50. The van der Waals surface area contributed by atoms with Gasteiger partial charge >= 0.3 is 0 Å². The molecule has 4 atom stereocenters. The van der Waals surface area contributed by atoms with Crippen LogP contribution in [0.2, 0.25) is 0 Å². The molecule has 0 amide bonds. The van der Waals surface area contributed by atoms with Gasteiger partial charge < -0.3 is 9.84 Å². The van der Waals surface area contributed by atoms with Crippen LogP contribution in [0.15, 0.2) is 12.1 Å². The Morgan fingerprint density at radius 2 is 2.20 bits per heavy atom. The van der Waals surface area contributed by atoms with Crippen molar-refractivity contribution >= 4 is 5.78 Å². The molecule has 4 aliphatic rings. The molecular weight excluding hydrogens is 252 g/mol. The van der Waals surface area contributed by atoms with Crippen LogP contribution in [0.25, 0.3) is 0 Å². The summed E-state index contributed by atoms with van der Waals surface area (Å²) in [7, 11) is 0. The van der Waals surface area contributed by atoms with Crippen molar-refractivity contribution < 1.29 is 14.6 Å². The van der Waals surface area contributed by atoms with Gasteiger partial charge in [0, 0.05) is 17.4 Å². The zero-order valence-electron chi connectivity index (χ0n) is 11.6. The van der Waals surface area contributed by atoms with Crippen molar-refractivity contribution in [3.8, 4) is 11.5 Å². The summed E-state index contributed by atoms with van der Waals surface area (Å²) >= 11 is 0. The molecule has 104 valence electrons. The first-order valence-corrected chi connectivity index (χ1v) is 7.60. The number of ketones is 1. The Labute approximate surface area is 117 Å². The fourth-order valence-corrected chi connectivity index (χ4v) is 5.81. The van der Waals surface area contributed by atoms with Gasteiger partial charge in [0.25, 0.3) is 0 Å². The van der Waals surface area contributed by atoms with E-state index >= 15 is 0 Å². The van der Waals surface area contributed by atoms with E-state index in [2.05, 4.69) is 6.92 Å². The molecule has 2 saturated carbocycles. The minimum atomic E-state index is -0.353. The van der Waals surface area contributed by atoms with Crippen molar-refractivity contribution in [2.45, 2.75) is 50.5 Å². The van der Waals surface area contributed by atoms with Crippen LogP contribution in [0.3, 0.4) is 0 Å². The third kappa shape index (κ3) is 0.951. The van der Waals surface area contributed by atoms with Crippen LogP contribution in [0, 0.1) is 11.3 Å². The molecule has 3 aliphatic carbocycles. The molecule has 1 aliphatic heterocycles. The number of hydrogen-bond donors (Lipinski definition) is 1. The maximum absolute atomic E-state index is 12.5. The maximum atomic E-state index is 12.5. The van der Waals surface area contributed by atoms with E-state index in [4.69, 9.17) is 4.74 Å². The first kappa shape index (κ1) is 11.2. The topological polar surface area (TPSA) is 46.5 Å². The largest absolute Gasteiger partial charge is 0.504 e. The summed E-state index contributed by atoms with van der Waals surface area (Å²) in [4.78, 5) is 12.5. The Bertz CT molecular complexity index is 664. The smallest absolute Gasteiger partial charge is 0.174 e. The number of ether oxygens (including phenoxy) is 1. The van der Waals surface area contributed by atoms with Gasteiger partial charge in [-0.2, -0.15) is 0 Å². The molecule has 2 fully saturated rings. The van der Waals surface area contributed by atoms with Crippen molar-refractivity contribution in [3.05, 3.63) is 23.3 Å².